The zero-order valence-electron chi connectivity index (χ0n) is 19.7. The molecule has 1 amide bonds. The molecule has 1 aliphatic rings. The predicted octanol–water partition coefficient (Wildman–Crippen LogP) is 4.75. The number of carbonyl (C=O) groups is 1. The van der Waals surface area contributed by atoms with E-state index in [9.17, 15) is 4.79 Å². The number of hydrogen-bond donors (Lipinski definition) is 4. The molecule has 1 aliphatic carbocycles. The smallest absolute Gasteiger partial charge is 0.259 e. The molecule has 2 atom stereocenters. The summed E-state index contributed by atoms with van der Waals surface area (Å²) in [6, 6.07) is 13.5. The largest absolute Gasteiger partial charge is 0.370 e. The van der Waals surface area contributed by atoms with Crippen molar-refractivity contribution in [2.24, 2.45) is 16.5 Å². The third-order valence-corrected chi connectivity index (χ3v) is 6.59. The van der Waals surface area contributed by atoms with E-state index < -0.39 is 0 Å². The van der Waals surface area contributed by atoms with Gasteiger partial charge in [0, 0.05) is 10.3 Å². The van der Waals surface area contributed by atoms with Crippen molar-refractivity contribution in [2.75, 3.05) is 16.9 Å². The zero-order chi connectivity index (χ0) is 23.4. The molecule has 0 aliphatic heterocycles. The summed E-state index contributed by atoms with van der Waals surface area (Å²) in [5.74, 6) is 0.773. The Morgan fingerprint density at radius 1 is 1.09 bits per heavy atom. The molecule has 188 valence electrons. The number of carbonyl (C=O) groups excluding carboxylic acids is 1. The van der Waals surface area contributed by atoms with Gasteiger partial charge in [0.1, 0.15) is 5.82 Å². The second kappa shape index (κ2) is 12.8. The molecule has 6 N–H and O–H groups in total. The van der Waals surface area contributed by atoms with Crippen LogP contribution in [0.5, 0.6) is 0 Å². The van der Waals surface area contributed by atoms with E-state index in [-0.39, 0.29) is 54.7 Å². The van der Waals surface area contributed by atoms with Gasteiger partial charge in [-0.05, 0) is 50.3 Å². The lowest BCUT2D eigenvalue weighted by Crippen LogP contribution is -2.38. The van der Waals surface area contributed by atoms with Gasteiger partial charge in [0.25, 0.3) is 5.91 Å². The first-order valence-corrected chi connectivity index (χ1v) is 12.2. The van der Waals surface area contributed by atoms with Crippen LogP contribution in [0, 0.1) is 6.92 Å². The van der Waals surface area contributed by atoms with Crippen LogP contribution in [-0.2, 0) is 0 Å². The summed E-state index contributed by atoms with van der Waals surface area (Å²) in [6.07, 6.45) is 5.96. The SMILES string of the molecule is CSc1ccccc1C(=O)Nc1nc(N[C@H]2CCCC[C@H]2N=C(N)N)c2cc(C)ccc2n1.Cl.Cl. The number of hydrogen-bond acceptors (Lipinski definition) is 6. The highest BCUT2D eigenvalue weighted by Gasteiger charge is 2.26. The van der Waals surface area contributed by atoms with Crippen molar-refractivity contribution in [1.29, 1.82) is 0 Å². The molecule has 0 radical (unpaired) electrons. The van der Waals surface area contributed by atoms with E-state index in [2.05, 4.69) is 20.6 Å². The summed E-state index contributed by atoms with van der Waals surface area (Å²) in [4.78, 5) is 27.6. The van der Waals surface area contributed by atoms with E-state index in [0.717, 1.165) is 47.0 Å². The molecule has 1 saturated carbocycles. The maximum Gasteiger partial charge on any atom is 0.259 e. The molecular weight excluding hydrogens is 505 g/mol. The molecule has 1 aromatic heterocycles. The fourth-order valence-electron chi connectivity index (χ4n) is 4.21. The van der Waals surface area contributed by atoms with Crippen LogP contribution in [0.3, 0.4) is 0 Å². The van der Waals surface area contributed by atoms with Gasteiger partial charge in [-0.15, -0.1) is 36.6 Å². The van der Waals surface area contributed by atoms with E-state index in [4.69, 9.17) is 16.5 Å². The number of benzene rings is 2. The number of aryl methyl sites for hydroxylation is 1. The molecular formula is C24H31Cl2N7OS. The first-order valence-electron chi connectivity index (χ1n) is 11.0. The van der Waals surface area contributed by atoms with Crippen LogP contribution in [0.2, 0.25) is 0 Å². The van der Waals surface area contributed by atoms with Gasteiger partial charge in [-0.2, -0.15) is 4.98 Å². The Balaban J connectivity index is 0.00000216. The minimum absolute atomic E-state index is 0. The standard InChI is InChI=1S/C24H29N7OS.2ClH/c1-14-11-12-17-16(13-14)21(27-18-8-4-5-9-19(18)28-23(25)26)30-24(29-17)31-22(32)15-7-3-6-10-20(15)33-2;;/h3,6-7,10-13,18-19H,4-5,8-9H2,1-2H3,(H4,25,26,28)(H2,27,29,30,31,32);2*1H/t18-,19+;;/m0../s1. The Morgan fingerprint density at radius 3 is 2.57 bits per heavy atom. The Morgan fingerprint density at radius 2 is 1.83 bits per heavy atom. The normalized spacial score (nSPS) is 17.0. The van der Waals surface area contributed by atoms with Gasteiger partial charge >= 0.3 is 0 Å². The van der Waals surface area contributed by atoms with Crippen molar-refractivity contribution in [2.45, 2.75) is 49.6 Å². The molecule has 2 aromatic carbocycles. The average molecular weight is 537 g/mol. The van der Waals surface area contributed by atoms with Gasteiger partial charge in [0.2, 0.25) is 5.95 Å². The molecule has 35 heavy (non-hydrogen) atoms. The fraction of sp³-hybridized carbons (Fsp3) is 0.333. The molecule has 4 rings (SSSR count). The molecule has 8 nitrogen and oxygen atoms in total. The van der Waals surface area contributed by atoms with Gasteiger partial charge in [0.15, 0.2) is 5.96 Å². The van der Waals surface area contributed by atoms with Crippen LogP contribution >= 0.6 is 36.6 Å². The number of nitrogens with two attached hydrogens (primary N) is 2. The number of fused-ring (bicyclic) bond motifs is 1. The number of amides is 1. The third kappa shape index (κ3) is 6.90. The third-order valence-electron chi connectivity index (χ3n) is 5.79. The van der Waals surface area contributed by atoms with Crippen LogP contribution in [0.25, 0.3) is 10.9 Å². The molecule has 0 unspecified atom stereocenters. The van der Waals surface area contributed by atoms with Crippen LogP contribution in [0.15, 0.2) is 52.4 Å². The number of rotatable bonds is 6. The number of anilines is 2. The summed E-state index contributed by atoms with van der Waals surface area (Å²) >= 11 is 1.52. The molecule has 3 aromatic rings. The Kier molecular flexibility index (Phi) is 10.4. The summed E-state index contributed by atoms with van der Waals surface area (Å²) < 4.78 is 0. The minimum atomic E-state index is -0.242. The maximum absolute atomic E-state index is 13.0. The van der Waals surface area contributed by atoms with Gasteiger partial charge < -0.3 is 16.8 Å². The van der Waals surface area contributed by atoms with Crippen molar-refractivity contribution in [3.05, 3.63) is 53.6 Å². The summed E-state index contributed by atoms with van der Waals surface area (Å²) in [7, 11) is 0. The number of nitrogens with zero attached hydrogens (tertiary/aromatic N) is 3. The number of guanidine groups is 1. The summed E-state index contributed by atoms with van der Waals surface area (Å²) in [5, 5.41) is 7.33. The van der Waals surface area contributed by atoms with Gasteiger partial charge in [0.05, 0.1) is 23.2 Å². The van der Waals surface area contributed by atoms with Gasteiger partial charge in [-0.25, -0.2) is 9.98 Å². The molecule has 1 fully saturated rings. The molecule has 11 heteroatoms. The van der Waals surface area contributed by atoms with Crippen LogP contribution < -0.4 is 22.1 Å². The lowest BCUT2D eigenvalue weighted by atomic mass is 9.90. The van der Waals surface area contributed by atoms with Crippen LogP contribution in [-0.4, -0.2) is 40.2 Å². The van der Waals surface area contributed by atoms with Crippen LogP contribution in [0.4, 0.5) is 11.8 Å². The molecule has 1 heterocycles. The van der Waals surface area contributed by atoms with Crippen molar-refractivity contribution in [3.8, 4) is 0 Å². The Hall–Kier alpha value is -2.75. The maximum atomic E-state index is 13.0. The quantitative estimate of drug-likeness (QED) is 0.203. The Bertz CT molecular complexity index is 1200. The monoisotopic (exact) mass is 535 g/mol. The second-order valence-corrected chi connectivity index (χ2v) is 9.08. The highest BCUT2D eigenvalue weighted by molar-refractivity contribution is 7.98. The van der Waals surface area contributed by atoms with Crippen molar-refractivity contribution in [1.82, 2.24) is 9.97 Å². The lowest BCUT2D eigenvalue weighted by molar-refractivity contribution is 0.102. The second-order valence-electron chi connectivity index (χ2n) is 8.23. The highest BCUT2D eigenvalue weighted by atomic mass is 35.5. The van der Waals surface area contributed by atoms with Gasteiger partial charge in [-0.1, -0.05) is 36.6 Å². The first kappa shape index (κ1) is 28.5. The van der Waals surface area contributed by atoms with E-state index in [1.807, 2.05) is 49.6 Å². The summed E-state index contributed by atoms with van der Waals surface area (Å²) in [5.41, 5.74) is 13.8. The average Bonchev–Trinajstić information content (AvgIpc) is 2.80. The Labute approximate surface area is 222 Å². The fourth-order valence-corrected chi connectivity index (χ4v) is 4.81. The van der Waals surface area contributed by atoms with E-state index in [1.54, 1.807) is 6.07 Å². The number of halogens is 2. The lowest BCUT2D eigenvalue weighted by Gasteiger charge is -2.30. The summed E-state index contributed by atoms with van der Waals surface area (Å²) in [6.45, 7) is 2.03. The number of nitrogens with one attached hydrogen (secondary N) is 2. The first-order chi connectivity index (χ1) is 15.9. The van der Waals surface area contributed by atoms with E-state index in [1.165, 1.54) is 11.8 Å². The number of aromatic nitrogens is 2. The van der Waals surface area contributed by atoms with Gasteiger partial charge in [-0.3, -0.25) is 10.1 Å². The highest BCUT2D eigenvalue weighted by Crippen LogP contribution is 2.29. The minimum Gasteiger partial charge on any atom is -0.370 e. The molecule has 0 bridgehead atoms. The van der Waals surface area contributed by atoms with Crippen molar-refractivity contribution in [3.63, 3.8) is 0 Å². The predicted molar refractivity (Wildman–Crippen MR) is 150 cm³/mol. The van der Waals surface area contributed by atoms with E-state index in [0.29, 0.717) is 11.4 Å². The van der Waals surface area contributed by atoms with Crippen molar-refractivity contribution >= 4 is 71.1 Å². The molecule has 0 spiro atoms. The van der Waals surface area contributed by atoms with Crippen LogP contribution in [0.1, 0.15) is 41.6 Å². The molecule has 0 saturated heterocycles. The topological polar surface area (TPSA) is 131 Å². The number of aliphatic imine (C=N–C) groups is 1. The number of thioether (sulfide) groups is 1. The zero-order valence-corrected chi connectivity index (χ0v) is 22.1. The van der Waals surface area contributed by atoms with E-state index >= 15 is 0 Å². The van der Waals surface area contributed by atoms with Crippen molar-refractivity contribution < 1.29 is 4.79 Å².